The molecule has 1 heterocycles. The number of fused-ring (bicyclic) bond motifs is 1. The Morgan fingerprint density at radius 2 is 1.71 bits per heavy atom. The van der Waals surface area contributed by atoms with Crippen molar-refractivity contribution in [2.24, 2.45) is 0 Å². The molecule has 0 saturated carbocycles. The Bertz CT molecular complexity index is 947. The SMILES string of the molecule is O=C(CCc1c[nH]c2ccccc12)NS(=O)(=O)Cc1ccccc1. The number of aromatic amines is 1. The van der Waals surface area contributed by atoms with Gasteiger partial charge in [0.15, 0.2) is 0 Å². The van der Waals surface area contributed by atoms with Crippen molar-refractivity contribution in [2.45, 2.75) is 18.6 Å². The summed E-state index contributed by atoms with van der Waals surface area (Å²) < 4.78 is 26.2. The van der Waals surface area contributed by atoms with Crippen LogP contribution in [-0.4, -0.2) is 19.3 Å². The maximum atomic E-state index is 12.0. The Labute approximate surface area is 140 Å². The van der Waals surface area contributed by atoms with Crippen LogP contribution in [0.5, 0.6) is 0 Å². The Hall–Kier alpha value is -2.60. The second-order valence-electron chi connectivity index (χ2n) is 5.63. The van der Waals surface area contributed by atoms with E-state index in [-0.39, 0.29) is 12.2 Å². The number of carbonyl (C=O) groups excluding carboxylic acids is 1. The highest BCUT2D eigenvalue weighted by molar-refractivity contribution is 7.89. The molecule has 0 fully saturated rings. The minimum absolute atomic E-state index is 0.121. The third-order valence-electron chi connectivity index (χ3n) is 3.77. The molecule has 0 radical (unpaired) electrons. The van der Waals surface area contributed by atoms with Gasteiger partial charge in [0.1, 0.15) is 0 Å². The number of aryl methyl sites for hydroxylation is 1. The van der Waals surface area contributed by atoms with E-state index < -0.39 is 15.9 Å². The molecule has 0 aliphatic heterocycles. The van der Waals surface area contributed by atoms with Crippen LogP contribution in [0, 0.1) is 0 Å². The van der Waals surface area contributed by atoms with Gasteiger partial charge in [-0.2, -0.15) is 0 Å². The molecule has 0 saturated heterocycles. The van der Waals surface area contributed by atoms with E-state index in [1.54, 1.807) is 24.3 Å². The smallest absolute Gasteiger partial charge is 0.239 e. The molecular formula is C18H18N2O3S. The van der Waals surface area contributed by atoms with E-state index >= 15 is 0 Å². The van der Waals surface area contributed by atoms with Crippen LogP contribution >= 0.6 is 0 Å². The highest BCUT2D eigenvalue weighted by Crippen LogP contribution is 2.19. The number of hydrogen-bond donors (Lipinski definition) is 2. The molecule has 2 aromatic carbocycles. The van der Waals surface area contributed by atoms with Crippen molar-refractivity contribution in [1.29, 1.82) is 0 Å². The average Bonchev–Trinajstić information content (AvgIpc) is 2.96. The summed E-state index contributed by atoms with van der Waals surface area (Å²) in [5.41, 5.74) is 2.65. The fraction of sp³-hybridized carbons (Fsp3) is 0.167. The topological polar surface area (TPSA) is 79.0 Å². The van der Waals surface area contributed by atoms with Crippen LogP contribution in [0.15, 0.2) is 60.8 Å². The molecule has 6 heteroatoms. The van der Waals surface area contributed by atoms with Crippen LogP contribution in [0.25, 0.3) is 10.9 Å². The molecule has 1 aromatic heterocycles. The third kappa shape index (κ3) is 4.02. The highest BCUT2D eigenvalue weighted by atomic mass is 32.2. The molecule has 0 aliphatic rings. The van der Waals surface area contributed by atoms with E-state index in [1.807, 2.05) is 36.5 Å². The molecule has 0 aliphatic carbocycles. The van der Waals surface area contributed by atoms with E-state index in [4.69, 9.17) is 0 Å². The van der Waals surface area contributed by atoms with Crippen molar-refractivity contribution in [1.82, 2.24) is 9.71 Å². The van der Waals surface area contributed by atoms with Crippen LogP contribution < -0.4 is 4.72 Å². The minimum atomic E-state index is -3.67. The van der Waals surface area contributed by atoms with Gasteiger partial charge in [0, 0.05) is 23.5 Å². The van der Waals surface area contributed by atoms with Crippen LogP contribution in [0.3, 0.4) is 0 Å². The summed E-state index contributed by atoms with van der Waals surface area (Å²) in [5.74, 6) is -0.691. The molecule has 0 spiro atoms. The lowest BCUT2D eigenvalue weighted by Crippen LogP contribution is -2.31. The number of H-pyrrole nitrogens is 1. The molecular weight excluding hydrogens is 324 g/mol. The quantitative estimate of drug-likeness (QED) is 0.723. The molecule has 1 amide bonds. The largest absolute Gasteiger partial charge is 0.361 e. The van der Waals surface area contributed by atoms with E-state index in [0.29, 0.717) is 12.0 Å². The Balaban J connectivity index is 1.59. The van der Waals surface area contributed by atoms with Crippen LogP contribution in [-0.2, 0) is 27.0 Å². The average molecular weight is 342 g/mol. The zero-order chi connectivity index (χ0) is 17.0. The van der Waals surface area contributed by atoms with E-state index in [2.05, 4.69) is 9.71 Å². The number of sulfonamides is 1. The summed E-state index contributed by atoms with van der Waals surface area (Å²) >= 11 is 0. The Kier molecular flexibility index (Phi) is 4.66. The minimum Gasteiger partial charge on any atom is -0.361 e. The predicted octanol–water partition coefficient (Wildman–Crippen LogP) is 2.75. The lowest BCUT2D eigenvalue weighted by atomic mass is 10.1. The standard InChI is InChI=1S/C18H18N2O3S/c21-18(20-24(22,23)13-14-6-2-1-3-7-14)11-10-15-12-19-17-9-5-4-8-16(15)17/h1-9,12,19H,10-11,13H2,(H,20,21). The summed E-state index contributed by atoms with van der Waals surface area (Å²) in [6.07, 6.45) is 2.46. The monoisotopic (exact) mass is 342 g/mol. The van der Waals surface area contributed by atoms with Crippen molar-refractivity contribution in [2.75, 3.05) is 0 Å². The second kappa shape index (κ2) is 6.88. The van der Waals surface area contributed by atoms with E-state index in [0.717, 1.165) is 16.5 Å². The molecule has 124 valence electrons. The van der Waals surface area contributed by atoms with Gasteiger partial charge in [-0.3, -0.25) is 9.52 Å². The van der Waals surface area contributed by atoms with Crippen molar-refractivity contribution in [3.05, 3.63) is 71.9 Å². The molecule has 0 unspecified atom stereocenters. The number of rotatable bonds is 6. The third-order valence-corrected chi connectivity index (χ3v) is 5.02. The van der Waals surface area contributed by atoms with Gasteiger partial charge >= 0.3 is 0 Å². The van der Waals surface area contributed by atoms with Crippen LogP contribution in [0.1, 0.15) is 17.5 Å². The molecule has 24 heavy (non-hydrogen) atoms. The maximum Gasteiger partial charge on any atom is 0.239 e. The van der Waals surface area contributed by atoms with Crippen molar-refractivity contribution < 1.29 is 13.2 Å². The first-order valence-electron chi connectivity index (χ1n) is 7.66. The zero-order valence-corrected chi connectivity index (χ0v) is 13.8. The number of benzene rings is 2. The van der Waals surface area contributed by atoms with Crippen LogP contribution in [0.4, 0.5) is 0 Å². The van der Waals surface area contributed by atoms with Crippen molar-refractivity contribution in [3.63, 3.8) is 0 Å². The normalized spacial score (nSPS) is 11.5. The van der Waals surface area contributed by atoms with Gasteiger partial charge in [-0.1, -0.05) is 48.5 Å². The Morgan fingerprint density at radius 1 is 1.00 bits per heavy atom. The van der Waals surface area contributed by atoms with Gasteiger partial charge in [0.05, 0.1) is 5.75 Å². The summed E-state index contributed by atoms with van der Waals surface area (Å²) in [5, 5.41) is 1.05. The first kappa shape index (κ1) is 16.3. The summed E-state index contributed by atoms with van der Waals surface area (Å²) in [7, 11) is -3.67. The van der Waals surface area contributed by atoms with Gasteiger partial charge in [-0.25, -0.2) is 8.42 Å². The predicted molar refractivity (Wildman–Crippen MR) is 93.8 cm³/mol. The van der Waals surface area contributed by atoms with E-state index in [1.165, 1.54) is 0 Å². The fourth-order valence-corrected chi connectivity index (χ4v) is 3.79. The summed E-state index contributed by atoms with van der Waals surface area (Å²) in [4.78, 5) is 15.1. The number of carbonyl (C=O) groups is 1. The van der Waals surface area contributed by atoms with Gasteiger partial charge < -0.3 is 4.98 Å². The van der Waals surface area contributed by atoms with Gasteiger partial charge in [0.25, 0.3) is 0 Å². The van der Waals surface area contributed by atoms with Crippen molar-refractivity contribution >= 4 is 26.8 Å². The lowest BCUT2D eigenvalue weighted by molar-refractivity contribution is -0.119. The zero-order valence-electron chi connectivity index (χ0n) is 13.0. The maximum absolute atomic E-state index is 12.0. The Morgan fingerprint density at radius 3 is 2.50 bits per heavy atom. The molecule has 0 atom stereocenters. The van der Waals surface area contributed by atoms with Gasteiger partial charge in [-0.05, 0) is 23.6 Å². The number of nitrogens with one attached hydrogen (secondary N) is 2. The molecule has 3 rings (SSSR count). The van der Waals surface area contributed by atoms with Crippen molar-refractivity contribution in [3.8, 4) is 0 Å². The molecule has 0 bridgehead atoms. The highest BCUT2D eigenvalue weighted by Gasteiger charge is 2.15. The molecule has 2 N–H and O–H groups in total. The van der Waals surface area contributed by atoms with E-state index in [9.17, 15) is 13.2 Å². The number of hydrogen-bond acceptors (Lipinski definition) is 3. The number of aromatic nitrogens is 1. The first-order chi connectivity index (χ1) is 11.5. The molecule has 3 aromatic rings. The van der Waals surface area contributed by atoms with Crippen LogP contribution in [0.2, 0.25) is 0 Å². The fourth-order valence-electron chi connectivity index (χ4n) is 2.64. The van der Waals surface area contributed by atoms with Gasteiger partial charge in [-0.15, -0.1) is 0 Å². The molecule has 5 nitrogen and oxygen atoms in total. The number of para-hydroxylation sites is 1. The number of amides is 1. The summed E-state index contributed by atoms with van der Waals surface area (Å²) in [6.45, 7) is 0. The first-order valence-corrected chi connectivity index (χ1v) is 9.31. The lowest BCUT2D eigenvalue weighted by Gasteiger charge is -2.07. The summed E-state index contributed by atoms with van der Waals surface area (Å²) in [6, 6.07) is 16.6. The second-order valence-corrected chi connectivity index (χ2v) is 7.35. The van der Waals surface area contributed by atoms with Gasteiger partial charge in [0.2, 0.25) is 15.9 Å².